The highest BCUT2D eigenvalue weighted by Crippen LogP contribution is 2.56. The third-order valence-corrected chi connectivity index (χ3v) is 18.6. The molecule has 3 aromatic carbocycles. The van der Waals surface area contributed by atoms with Gasteiger partial charge < -0.3 is 45.2 Å². The lowest BCUT2D eigenvalue weighted by atomic mass is 9.76. The third-order valence-electron chi connectivity index (χ3n) is 18.6. The van der Waals surface area contributed by atoms with Crippen LogP contribution in [0.15, 0.2) is 18.2 Å². The van der Waals surface area contributed by atoms with Gasteiger partial charge in [0.1, 0.15) is 54.7 Å². The molecule has 0 radical (unpaired) electrons. The normalized spacial score (nSPS) is 28.8. The SMILES string of the molecule is CC1c2cc(c3c(c2O)CN(C2CC(C)(C)N(O)C(C)(C)C2)CO3)C(C)c2cc(c3c(c2O)CN(C2CC(C)(C)N(O)C(C)(C)C2)CO3)C(C)c2cc1c1c(c2O)CN(C2CC(C)(C)N(O)C(C)(C)C2)CO1. The second kappa shape index (κ2) is 17.1. The molecule has 3 atom stereocenters. The number of phenolic OH excluding ortho intramolecular Hbond substituents is 3. The molecule has 15 heteroatoms. The number of aromatic hydroxyl groups is 3. The molecule has 6 aliphatic heterocycles. The Labute approximate surface area is 427 Å². The number of hydrogen-bond acceptors (Lipinski definition) is 15. The zero-order valence-electron chi connectivity index (χ0n) is 45.8. The van der Waals surface area contributed by atoms with E-state index in [2.05, 4.69) is 137 Å². The summed E-state index contributed by atoms with van der Waals surface area (Å²) in [6, 6.07) is 6.36. The highest BCUT2D eigenvalue weighted by Gasteiger charge is 2.51. The van der Waals surface area contributed by atoms with Gasteiger partial charge >= 0.3 is 0 Å². The first-order valence-electron chi connectivity index (χ1n) is 26.6. The van der Waals surface area contributed by atoms with Crippen molar-refractivity contribution in [2.45, 2.75) is 231 Å². The molecule has 1 aliphatic carbocycles. The van der Waals surface area contributed by atoms with Gasteiger partial charge in [0.05, 0.1) is 16.7 Å². The van der Waals surface area contributed by atoms with Crippen molar-refractivity contribution in [3.05, 3.63) is 68.3 Å². The molecule has 15 nitrogen and oxygen atoms in total. The molecule has 10 rings (SSSR count). The van der Waals surface area contributed by atoms with Crippen LogP contribution in [0.5, 0.6) is 34.5 Å². The summed E-state index contributed by atoms with van der Waals surface area (Å²) in [5.41, 5.74) is 3.80. The lowest BCUT2D eigenvalue weighted by molar-refractivity contribution is -0.254. The van der Waals surface area contributed by atoms with Crippen molar-refractivity contribution in [3.63, 3.8) is 0 Å². The van der Waals surface area contributed by atoms with E-state index in [9.17, 15) is 30.9 Å². The lowest BCUT2D eigenvalue weighted by Gasteiger charge is -2.54. The minimum absolute atomic E-state index is 0.0553. The Morgan fingerprint density at radius 2 is 0.583 bits per heavy atom. The summed E-state index contributed by atoms with van der Waals surface area (Å²) >= 11 is 0. The minimum atomic E-state index is -0.493. The van der Waals surface area contributed by atoms with Gasteiger partial charge in [-0.1, -0.05) is 20.8 Å². The fourth-order valence-electron chi connectivity index (χ4n) is 15.0. The van der Waals surface area contributed by atoms with Crippen molar-refractivity contribution in [1.82, 2.24) is 29.9 Å². The van der Waals surface area contributed by atoms with Crippen LogP contribution >= 0.6 is 0 Å². The summed E-state index contributed by atoms with van der Waals surface area (Å²) in [6.07, 6.45) is 4.21. The number of hydrogen-bond donors (Lipinski definition) is 6. The standard InChI is InChI=1S/C57H84N6O9/c1-31-37-16-41(50-43(46(37)64)25-58(29-71-50)34-19-52(4,5)61(67)53(6,7)20-34)33(3)39-18-42(51-45(48(39)66)27-60(30-72-51)36-23-56(12,13)63(69)57(14,15)24-36)32(2)38-17-40(31)49-44(47(38)65)26-59(28-70-49)35-21-54(8,9)62(68)55(10,11)22-35/h16-18,31-36,64-69H,19-30H2,1-15H3. The molecule has 0 amide bonds. The molecule has 6 bridgehead atoms. The molecule has 3 saturated heterocycles. The van der Waals surface area contributed by atoms with Gasteiger partial charge in [-0.3, -0.25) is 14.7 Å². The van der Waals surface area contributed by atoms with E-state index in [1.165, 1.54) is 15.2 Å². The van der Waals surface area contributed by atoms with Crippen LogP contribution in [0.25, 0.3) is 0 Å². The van der Waals surface area contributed by atoms with Crippen LogP contribution in [0.4, 0.5) is 0 Å². The molecule has 0 aromatic heterocycles. The minimum Gasteiger partial charge on any atom is -0.507 e. The van der Waals surface area contributed by atoms with Gasteiger partial charge in [-0.15, -0.1) is 0 Å². The van der Waals surface area contributed by atoms with Gasteiger partial charge in [0.2, 0.25) is 0 Å². The predicted molar refractivity (Wildman–Crippen MR) is 274 cm³/mol. The number of fused-ring (bicyclic) bond motifs is 12. The average molecular weight is 997 g/mol. The maximum Gasteiger partial charge on any atom is 0.142 e. The molecule has 396 valence electrons. The van der Waals surface area contributed by atoms with Gasteiger partial charge in [0, 0.05) is 122 Å². The quantitative estimate of drug-likeness (QED) is 0.147. The van der Waals surface area contributed by atoms with Gasteiger partial charge in [0.15, 0.2) is 0 Å². The summed E-state index contributed by atoms with van der Waals surface area (Å²) in [5.74, 6) is 1.10. The zero-order valence-corrected chi connectivity index (χ0v) is 45.8. The first-order valence-corrected chi connectivity index (χ1v) is 26.6. The average Bonchev–Trinajstić information content (AvgIpc) is 3.30. The highest BCUT2D eigenvalue weighted by molar-refractivity contribution is 5.67. The Balaban J connectivity index is 1.14. The first-order chi connectivity index (χ1) is 33.3. The van der Waals surface area contributed by atoms with Crippen molar-refractivity contribution >= 4 is 0 Å². The van der Waals surface area contributed by atoms with Crippen molar-refractivity contribution in [2.24, 2.45) is 0 Å². The maximum absolute atomic E-state index is 12.8. The summed E-state index contributed by atoms with van der Waals surface area (Å²) in [5, 5.41) is 76.7. The molecule has 7 aliphatic rings. The number of phenols is 3. The first kappa shape index (κ1) is 51.6. The number of ether oxygens (including phenoxy) is 3. The van der Waals surface area contributed by atoms with Crippen molar-refractivity contribution in [1.29, 1.82) is 0 Å². The van der Waals surface area contributed by atoms with Gasteiger partial charge in [-0.05, 0) is 140 Å². The molecular weight excluding hydrogens is 913 g/mol. The van der Waals surface area contributed by atoms with E-state index < -0.39 is 51.0 Å². The van der Waals surface area contributed by atoms with E-state index in [-0.39, 0.29) is 35.4 Å². The van der Waals surface area contributed by atoms with E-state index >= 15 is 0 Å². The molecule has 6 N–H and O–H groups in total. The number of benzene rings is 3. The van der Waals surface area contributed by atoms with Crippen LogP contribution in [-0.2, 0) is 19.6 Å². The second-order valence-corrected chi connectivity index (χ2v) is 26.9. The van der Waals surface area contributed by atoms with Gasteiger partial charge in [-0.2, -0.15) is 15.2 Å². The van der Waals surface area contributed by atoms with E-state index in [0.717, 1.165) is 16.7 Å². The summed E-state index contributed by atoms with van der Waals surface area (Å²) in [6.45, 7) is 33.3. The van der Waals surface area contributed by atoms with E-state index in [1.807, 2.05) is 0 Å². The molecular formula is C57H84N6O9. The topological polar surface area (TPSA) is 169 Å². The molecule has 3 aromatic rings. The molecule has 0 spiro atoms. The van der Waals surface area contributed by atoms with Crippen LogP contribution in [0.3, 0.4) is 0 Å². The van der Waals surface area contributed by atoms with E-state index in [4.69, 9.17) is 14.2 Å². The van der Waals surface area contributed by atoms with Crippen LogP contribution in [0.1, 0.15) is 210 Å². The zero-order chi connectivity index (χ0) is 52.3. The Morgan fingerprint density at radius 1 is 0.375 bits per heavy atom. The second-order valence-electron chi connectivity index (χ2n) is 26.9. The van der Waals surface area contributed by atoms with Gasteiger partial charge in [0.25, 0.3) is 0 Å². The summed E-state index contributed by atoms with van der Waals surface area (Å²) < 4.78 is 20.7. The molecule has 6 heterocycles. The Bertz CT molecular complexity index is 2330. The molecule has 3 unspecified atom stereocenters. The van der Waals surface area contributed by atoms with Crippen LogP contribution in [0.2, 0.25) is 0 Å². The lowest BCUT2D eigenvalue weighted by Crippen LogP contribution is -2.63. The maximum atomic E-state index is 12.8. The number of nitrogens with zero attached hydrogens (tertiary/aromatic N) is 6. The third kappa shape index (κ3) is 8.18. The monoisotopic (exact) mass is 997 g/mol. The number of rotatable bonds is 3. The largest absolute Gasteiger partial charge is 0.507 e. The van der Waals surface area contributed by atoms with Crippen LogP contribution < -0.4 is 14.2 Å². The van der Waals surface area contributed by atoms with Gasteiger partial charge in [-0.25, -0.2) is 0 Å². The van der Waals surface area contributed by atoms with Crippen LogP contribution in [-0.4, -0.2) is 132 Å². The predicted octanol–water partition coefficient (Wildman–Crippen LogP) is 10.3. The van der Waals surface area contributed by atoms with E-state index in [0.29, 0.717) is 129 Å². The molecule has 0 saturated carbocycles. The van der Waals surface area contributed by atoms with Crippen molar-refractivity contribution in [3.8, 4) is 34.5 Å². The van der Waals surface area contributed by atoms with Crippen LogP contribution in [0, 0.1) is 0 Å². The Hall–Kier alpha value is -3.90. The smallest absolute Gasteiger partial charge is 0.142 e. The molecule has 72 heavy (non-hydrogen) atoms. The van der Waals surface area contributed by atoms with Crippen molar-refractivity contribution in [2.75, 3.05) is 20.2 Å². The Kier molecular flexibility index (Phi) is 12.2. The summed E-state index contributed by atoms with van der Waals surface area (Å²) in [7, 11) is 0. The number of piperidine rings is 3. The highest BCUT2D eigenvalue weighted by atomic mass is 16.5. The fraction of sp³-hybridized carbons (Fsp3) is 0.684. The van der Waals surface area contributed by atoms with E-state index in [1.54, 1.807) is 0 Å². The van der Waals surface area contributed by atoms with Crippen molar-refractivity contribution < 1.29 is 45.2 Å². The molecule has 3 fully saturated rings. The summed E-state index contributed by atoms with van der Waals surface area (Å²) in [4.78, 5) is 6.87. The Morgan fingerprint density at radius 3 is 0.792 bits per heavy atom. The number of hydroxylamine groups is 6. The fourth-order valence-corrected chi connectivity index (χ4v) is 15.0.